The van der Waals surface area contributed by atoms with Crippen LogP contribution in [0.1, 0.15) is 0 Å². The van der Waals surface area contributed by atoms with Crippen LogP contribution in [0.4, 0.5) is 0 Å². The first-order valence-corrected chi connectivity index (χ1v) is 47.2. The van der Waals surface area contributed by atoms with Crippen molar-refractivity contribution < 1.29 is 0 Å². The Morgan fingerprint density at radius 2 is 0.268 bits per heavy atom. The summed E-state index contributed by atoms with van der Waals surface area (Å²) in [6.45, 7) is 0. The predicted molar refractivity (Wildman–Crippen MR) is 575 cm³/mol. The zero-order valence-electron chi connectivity index (χ0n) is 74.8. The van der Waals surface area contributed by atoms with Crippen molar-refractivity contribution in [2.45, 2.75) is 0 Å². The third-order valence-corrected chi connectivity index (χ3v) is 28.4. The van der Waals surface area contributed by atoms with Gasteiger partial charge < -0.3 is 27.4 Å². The van der Waals surface area contributed by atoms with E-state index in [9.17, 15) is 0 Å². The maximum atomic E-state index is 5.53. The Kier molecular flexibility index (Phi) is 17.9. The molecule has 0 fully saturated rings. The summed E-state index contributed by atoms with van der Waals surface area (Å²) in [6.07, 6.45) is 0. The Balaban J connectivity index is 0.582. The lowest BCUT2D eigenvalue weighted by Gasteiger charge is -2.13. The summed E-state index contributed by atoms with van der Waals surface area (Å²) in [4.78, 5) is 16.5. The van der Waals surface area contributed by atoms with E-state index in [1.807, 2.05) is 0 Å². The van der Waals surface area contributed by atoms with Gasteiger partial charge in [0.15, 0.2) is 17.5 Å². The molecule has 7 aromatic heterocycles. The van der Waals surface area contributed by atoms with E-state index < -0.39 is 0 Å². The molecule has 0 saturated heterocycles. The minimum Gasteiger partial charge on any atom is -0.309 e. The summed E-state index contributed by atoms with van der Waals surface area (Å²) in [5.74, 6) is 1.68. The molecule has 0 saturated carbocycles. The fourth-order valence-corrected chi connectivity index (χ4v) is 22.0. The number of benzene rings is 21. The van der Waals surface area contributed by atoms with E-state index in [1.165, 1.54) is 87.2 Å². The van der Waals surface area contributed by atoms with Crippen LogP contribution in [-0.4, -0.2) is 42.4 Å². The van der Waals surface area contributed by atoms with Gasteiger partial charge in [-0.15, -0.1) is 0 Å². The van der Waals surface area contributed by atoms with Crippen LogP contribution in [0, 0.1) is 0 Å². The minimum atomic E-state index is 0.558. The van der Waals surface area contributed by atoms with Gasteiger partial charge in [0.1, 0.15) is 0 Å². The molecule has 28 rings (SSSR count). The monoisotopic (exact) mass is 1760 g/mol. The molecule has 0 radical (unpaired) electrons. The molecule has 21 aromatic carbocycles. The predicted octanol–water partition coefficient (Wildman–Crippen LogP) is 33.5. The minimum absolute atomic E-state index is 0.558. The zero-order chi connectivity index (χ0) is 90.6. The molecule has 138 heavy (non-hydrogen) atoms. The molecular formula is C129H81N9. The third kappa shape index (κ3) is 12.7. The van der Waals surface area contributed by atoms with Crippen LogP contribution in [0.5, 0.6) is 0 Å². The van der Waals surface area contributed by atoms with Crippen molar-refractivity contribution in [1.82, 2.24) is 42.4 Å². The molecule has 0 unspecified atom stereocenters. The molecule has 0 bridgehead atoms. The average molecular weight is 1760 g/mol. The highest BCUT2D eigenvalue weighted by Gasteiger charge is 2.25. The number of fused-ring (bicyclic) bond motifs is 18. The highest BCUT2D eigenvalue weighted by atomic mass is 15.0. The van der Waals surface area contributed by atoms with Crippen molar-refractivity contribution in [3.63, 3.8) is 0 Å². The zero-order valence-corrected chi connectivity index (χ0v) is 74.8. The molecule has 0 aliphatic carbocycles. The lowest BCUT2D eigenvalue weighted by Crippen LogP contribution is -2.01. The van der Waals surface area contributed by atoms with Crippen molar-refractivity contribution in [2.24, 2.45) is 0 Å². The van der Waals surface area contributed by atoms with Crippen LogP contribution >= 0.6 is 0 Å². The smallest absolute Gasteiger partial charge is 0.164 e. The number of hydrogen-bond acceptors (Lipinski definition) is 3. The molecule has 28 aromatic rings. The van der Waals surface area contributed by atoms with E-state index in [1.54, 1.807) is 0 Å². The van der Waals surface area contributed by atoms with Gasteiger partial charge in [0.05, 0.1) is 66.2 Å². The second-order valence-electron chi connectivity index (χ2n) is 36.2. The molecule has 0 atom stereocenters. The molecule has 9 heteroatoms. The Morgan fingerprint density at radius 3 is 0.529 bits per heavy atom. The lowest BCUT2D eigenvalue weighted by atomic mass is 9.98. The van der Waals surface area contributed by atoms with Gasteiger partial charge in [-0.25, -0.2) is 15.0 Å². The molecular weight excluding hydrogens is 1680 g/mol. The van der Waals surface area contributed by atoms with Crippen molar-refractivity contribution in [2.75, 3.05) is 0 Å². The fourth-order valence-electron chi connectivity index (χ4n) is 22.0. The van der Waals surface area contributed by atoms with Crippen LogP contribution < -0.4 is 0 Å². The van der Waals surface area contributed by atoms with Crippen LogP contribution in [-0.2, 0) is 0 Å². The molecule has 0 amide bonds. The van der Waals surface area contributed by atoms with Crippen molar-refractivity contribution in [3.8, 4) is 135 Å². The highest BCUT2D eigenvalue weighted by Crippen LogP contribution is 2.47. The van der Waals surface area contributed by atoms with Crippen molar-refractivity contribution >= 4 is 131 Å². The number of rotatable bonds is 15. The third-order valence-electron chi connectivity index (χ3n) is 28.4. The van der Waals surface area contributed by atoms with Gasteiger partial charge in [0, 0.05) is 115 Å². The molecule has 0 spiro atoms. The molecule has 0 N–H and O–H groups in total. The van der Waals surface area contributed by atoms with Gasteiger partial charge in [0.25, 0.3) is 0 Å². The van der Waals surface area contributed by atoms with Crippen LogP contribution in [0.25, 0.3) is 266 Å². The molecule has 0 aliphatic rings. The number of hydrogen-bond donors (Lipinski definition) is 0. The van der Waals surface area contributed by atoms with Crippen molar-refractivity contribution in [3.05, 3.63) is 491 Å². The van der Waals surface area contributed by atoms with Crippen LogP contribution in [0.15, 0.2) is 491 Å². The number of nitrogens with zero attached hydrogens (tertiary/aromatic N) is 9. The summed E-state index contributed by atoms with van der Waals surface area (Å²) in [5, 5.41) is 14.3. The highest BCUT2D eigenvalue weighted by molar-refractivity contribution is 6.18. The van der Waals surface area contributed by atoms with E-state index in [2.05, 4.69) is 519 Å². The van der Waals surface area contributed by atoms with Crippen molar-refractivity contribution in [1.29, 1.82) is 0 Å². The lowest BCUT2D eigenvalue weighted by molar-refractivity contribution is 1.07. The van der Waals surface area contributed by atoms with Gasteiger partial charge in [-0.3, -0.25) is 0 Å². The van der Waals surface area contributed by atoms with E-state index in [-0.39, 0.29) is 0 Å². The second-order valence-corrected chi connectivity index (χ2v) is 36.2. The van der Waals surface area contributed by atoms with Gasteiger partial charge in [-0.05, 0) is 297 Å². The molecule has 7 heterocycles. The SMILES string of the molecule is c1ccc(-c2cccc(-c3cccc(-c4nc(-c5ccc(-n6c7ccc(-c8ccc9c(c8)c8ccccc8n9-c8ccccc8)cc7c7cc(-c8ccc9c(c8)c8ccccc8n9-c8ccccc8)ccc76)cc5)nc(-c5ccc(-n6c7ccc(-c8ccc9c(c8)c8ccccc8n9-c8ccccc8)cc7c7cc(-c8ccc9c(c8)c8ccccc8n9-c8ccccc8)ccc76)cc5)n4)c3)c2)cc1. The van der Waals surface area contributed by atoms with E-state index in [4.69, 9.17) is 15.0 Å². The Labute approximate surface area is 794 Å². The first-order chi connectivity index (χ1) is 68.4. The van der Waals surface area contributed by atoms with Gasteiger partial charge in [0.2, 0.25) is 0 Å². The maximum Gasteiger partial charge on any atom is 0.164 e. The summed E-state index contributed by atoms with van der Waals surface area (Å²) in [5.41, 5.74) is 36.5. The maximum absolute atomic E-state index is 5.53. The number of para-hydroxylation sites is 8. The summed E-state index contributed by atoms with van der Waals surface area (Å²) in [7, 11) is 0. The fraction of sp³-hybridized carbons (Fsp3) is 0. The largest absolute Gasteiger partial charge is 0.309 e. The van der Waals surface area contributed by atoms with Crippen LogP contribution in [0.3, 0.4) is 0 Å². The van der Waals surface area contributed by atoms with Gasteiger partial charge in [-0.1, -0.05) is 261 Å². The van der Waals surface area contributed by atoms with E-state index >= 15 is 0 Å². The summed E-state index contributed by atoms with van der Waals surface area (Å²) >= 11 is 0. The Bertz CT molecular complexity index is 8880. The molecule has 9 nitrogen and oxygen atoms in total. The second kappa shape index (κ2) is 31.6. The quantitative estimate of drug-likeness (QED) is 0.103. The average Bonchev–Trinajstić information content (AvgIpc) is 1.58. The van der Waals surface area contributed by atoms with Gasteiger partial charge >= 0.3 is 0 Å². The molecule has 0 aliphatic heterocycles. The first-order valence-electron chi connectivity index (χ1n) is 47.2. The molecule has 642 valence electrons. The Morgan fingerprint density at radius 1 is 0.101 bits per heavy atom. The summed E-state index contributed by atoms with van der Waals surface area (Å²) < 4.78 is 14.4. The van der Waals surface area contributed by atoms with Gasteiger partial charge in [-0.2, -0.15) is 0 Å². The first kappa shape index (κ1) is 78.1. The Hall–Kier alpha value is -18.6. The summed E-state index contributed by atoms with van der Waals surface area (Å²) in [6, 6.07) is 180. The van der Waals surface area contributed by atoms with Crippen LogP contribution in [0.2, 0.25) is 0 Å². The topological polar surface area (TPSA) is 68.2 Å². The van der Waals surface area contributed by atoms with E-state index in [0.29, 0.717) is 17.5 Å². The standard InChI is InChI=1S/C129H81N9/c1-6-26-82(27-7-1)85-28-24-29-86(72-85)87-30-25-31-96(73-87)129-131-127(83-48-60-101(61-49-83)137-123-68-56-92(88-52-64-119-107(74-88)103-40-16-20-44-115(103)133(119)97-32-8-2-9-33-97)78-111(123)112-79-93(57-69-124(112)137)89-53-65-120-108(75-89)104-41-17-21-45-116(104)134(120)98-34-10-3-11-35-98)130-128(132-129)84-50-62-102(63-51-84)138-125-70-58-94(90-54-66-121-109(76-90)105-42-18-22-46-117(105)135(121)99-36-12-4-13-37-99)80-113(125)114-81-95(59-71-126(114)138)91-55-67-122-110(77-91)106-43-19-23-47-118(106)136(122)100-38-14-5-15-39-100/h1-81H. The normalized spacial score (nSPS) is 11.9. The van der Waals surface area contributed by atoms with E-state index in [0.717, 1.165) is 161 Å². The number of aromatic nitrogens is 9.